The van der Waals surface area contributed by atoms with E-state index in [1.54, 1.807) is 24.3 Å². The minimum atomic E-state index is -0.526. The highest BCUT2D eigenvalue weighted by Crippen LogP contribution is 2.21. The summed E-state index contributed by atoms with van der Waals surface area (Å²) in [5.74, 6) is -0.923. The van der Waals surface area contributed by atoms with Gasteiger partial charge in [0.2, 0.25) is 0 Å². The number of hydrazone groups is 1. The predicted octanol–water partition coefficient (Wildman–Crippen LogP) is 1.35. The molecule has 0 fully saturated rings. The SMILES string of the molecule is COC(=O)c1ccc(/C=N/NC(=O)Cn2nc(C)c([N+](=O)[O-])c2C)cc1. The van der Waals surface area contributed by atoms with Crippen LogP contribution in [0.25, 0.3) is 0 Å². The van der Waals surface area contributed by atoms with Crippen LogP contribution in [0.4, 0.5) is 5.69 Å². The molecular formula is C16H17N5O5. The Bertz CT molecular complexity index is 870. The predicted molar refractivity (Wildman–Crippen MR) is 91.9 cm³/mol. The van der Waals surface area contributed by atoms with Crippen LogP contribution in [0.2, 0.25) is 0 Å². The van der Waals surface area contributed by atoms with Crippen LogP contribution < -0.4 is 5.43 Å². The molecule has 1 heterocycles. The van der Waals surface area contributed by atoms with Crippen molar-refractivity contribution < 1.29 is 19.2 Å². The van der Waals surface area contributed by atoms with Crippen molar-refractivity contribution in [3.8, 4) is 0 Å². The van der Waals surface area contributed by atoms with Gasteiger partial charge in [-0.05, 0) is 31.5 Å². The second-order valence-electron chi connectivity index (χ2n) is 5.34. The molecule has 26 heavy (non-hydrogen) atoms. The first-order valence-electron chi connectivity index (χ1n) is 7.52. The number of ether oxygens (including phenoxy) is 1. The number of hydrogen-bond acceptors (Lipinski definition) is 7. The van der Waals surface area contributed by atoms with Gasteiger partial charge in [-0.3, -0.25) is 19.6 Å². The van der Waals surface area contributed by atoms with Gasteiger partial charge in [-0.15, -0.1) is 0 Å². The van der Waals surface area contributed by atoms with E-state index in [2.05, 4.69) is 20.4 Å². The van der Waals surface area contributed by atoms with Gasteiger partial charge >= 0.3 is 11.7 Å². The van der Waals surface area contributed by atoms with Gasteiger partial charge < -0.3 is 4.74 Å². The van der Waals surface area contributed by atoms with Crippen LogP contribution in [0.15, 0.2) is 29.4 Å². The van der Waals surface area contributed by atoms with Crippen molar-refractivity contribution in [2.75, 3.05) is 7.11 Å². The number of amides is 1. The van der Waals surface area contributed by atoms with E-state index >= 15 is 0 Å². The van der Waals surface area contributed by atoms with E-state index in [1.807, 2.05) is 0 Å². The zero-order valence-electron chi connectivity index (χ0n) is 14.4. The van der Waals surface area contributed by atoms with E-state index in [4.69, 9.17) is 0 Å². The van der Waals surface area contributed by atoms with Crippen molar-refractivity contribution in [3.05, 3.63) is 56.9 Å². The molecule has 1 N–H and O–H groups in total. The fourth-order valence-electron chi connectivity index (χ4n) is 2.28. The van der Waals surface area contributed by atoms with Crippen molar-refractivity contribution in [3.63, 3.8) is 0 Å². The summed E-state index contributed by atoms with van der Waals surface area (Å²) in [6.45, 7) is 2.84. The summed E-state index contributed by atoms with van der Waals surface area (Å²) in [5.41, 5.74) is 3.83. The molecular weight excluding hydrogens is 342 g/mol. The van der Waals surface area contributed by atoms with Crippen LogP contribution in [0.3, 0.4) is 0 Å². The Morgan fingerprint density at radius 1 is 1.35 bits per heavy atom. The van der Waals surface area contributed by atoms with Crippen LogP contribution in [-0.4, -0.2) is 39.9 Å². The molecule has 0 atom stereocenters. The number of carbonyl (C=O) groups excluding carboxylic acids is 2. The van der Waals surface area contributed by atoms with Crippen LogP contribution in [0.5, 0.6) is 0 Å². The third kappa shape index (κ3) is 4.29. The van der Waals surface area contributed by atoms with Gasteiger partial charge in [0.05, 0.1) is 23.8 Å². The van der Waals surface area contributed by atoms with Gasteiger partial charge in [-0.1, -0.05) is 12.1 Å². The molecule has 0 radical (unpaired) electrons. The number of rotatable bonds is 6. The lowest BCUT2D eigenvalue weighted by Crippen LogP contribution is -2.24. The smallest absolute Gasteiger partial charge is 0.337 e. The Balaban J connectivity index is 1.97. The molecule has 136 valence electrons. The average molecular weight is 359 g/mol. The van der Waals surface area contributed by atoms with Gasteiger partial charge in [0, 0.05) is 0 Å². The number of nitro groups is 1. The molecule has 10 nitrogen and oxygen atoms in total. The zero-order valence-corrected chi connectivity index (χ0v) is 14.4. The molecule has 0 saturated carbocycles. The Morgan fingerprint density at radius 2 is 2.00 bits per heavy atom. The van der Waals surface area contributed by atoms with E-state index in [1.165, 1.54) is 31.9 Å². The van der Waals surface area contributed by atoms with Crippen LogP contribution in [0.1, 0.15) is 27.3 Å². The fraction of sp³-hybridized carbons (Fsp3) is 0.250. The standard InChI is InChI=1S/C16H17N5O5/c1-10-15(21(24)25)11(2)20(19-10)9-14(22)18-17-8-12-4-6-13(7-5-12)16(23)26-3/h4-8H,9H2,1-3H3,(H,18,22)/b17-8+. The molecule has 1 amide bonds. The Kier molecular flexibility index (Phi) is 5.78. The lowest BCUT2D eigenvalue weighted by Gasteiger charge is -2.02. The maximum Gasteiger partial charge on any atom is 0.337 e. The summed E-state index contributed by atoms with van der Waals surface area (Å²) in [4.78, 5) is 33.7. The lowest BCUT2D eigenvalue weighted by molar-refractivity contribution is -0.386. The molecule has 0 unspecified atom stereocenters. The summed E-state index contributed by atoms with van der Waals surface area (Å²) < 4.78 is 5.85. The summed E-state index contributed by atoms with van der Waals surface area (Å²) in [7, 11) is 1.30. The highest BCUT2D eigenvalue weighted by Gasteiger charge is 2.22. The first-order chi connectivity index (χ1) is 12.3. The Hall–Kier alpha value is -3.56. The summed E-state index contributed by atoms with van der Waals surface area (Å²) >= 11 is 0. The molecule has 0 aliphatic carbocycles. The molecule has 0 aliphatic heterocycles. The Labute approximate surface area is 148 Å². The zero-order chi connectivity index (χ0) is 19.3. The summed E-state index contributed by atoms with van der Waals surface area (Å²) in [5, 5.41) is 18.8. The van der Waals surface area contributed by atoms with Gasteiger partial charge in [-0.25, -0.2) is 10.2 Å². The van der Waals surface area contributed by atoms with E-state index in [0.717, 1.165) is 0 Å². The van der Waals surface area contributed by atoms with Crippen molar-refractivity contribution in [1.82, 2.24) is 15.2 Å². The monoisotopic (exact) mass is 359 g/mol. The third-order valence-electron chi connectivity index (χ3n) is 3.55. The molecule has 0 bridgehead atoms. The number of benzene rings is 1. The molecule has 1 aromatic heterocycles. The maximum absolute atomic E-state index is 11.9. The summed E-state index contributed by atoms with van der Waals surface area (Å²) in [6, 6.07) is 6.44. The van der Waals surface area contributed by atoms with Crippen LogP contribution in [-0.2, 0) is 16.1 Å². The average Bonchev–Trinajstić information content (AvgIpc) is 2.88. The third-order valence-corrected chi connectivity index (χ3v) is 3.55. The minimum absolute atomic E-state index is 0.105. The molecule has 0 aliphatic rings. The number of aromatic nitrogens is 2. The normalized spacial score (nSPS) is 10.7. The number of nitrogens with zero attached hydrogens (tertiary/aromatic N) is 4. The highest BCUT2D eigenvalue weighted by molar-refractivity contribution is 5.90. The first-order valence-corrected chi connectivity index (χ1v) is 7.52. The van der Waals surface area contributed by atoms with Gasteiger partial charge in [0.15, 0.2) is 0 Å². The fourth-order valence-corrected chi connectivity index (χ4v) is 2.28. The lowest BCUT2D eigenvalue weighted by atomic mass is 10.1. The van der Waals surface area contributed by atoms with Gasteiger partial charge in [-0.2, -0.15) is 10.2 Å². The first kappa shape index (κ1) is 18.8. The molecule has 2 rings (SSSR count). The second-order valence-corrected chi connectivity index (χ2v) is 5.34. The van der Waals surface area contributed by atoms with E-state index in [0.29, 0.717) is 16.8 Å². The quantitative estimate of drug-likeness (QED) is 0.359. The van der Waals surface area contributed by atoms with Crippen LogP contribution >= 0.6 is 0 Å². The number of methoxy groups -OCH3 is 1. The van der Waals surface area contributed by atoms with E-state index < -0.39 is 16.8 Å². The molecule has 1 aromatic carbocycles. The van der Waals surface area contributed by atoms with Gasteiger partial charge in [0.1, 0.15) is 17.9 Å². The van der Waals surface area contributed by atoms with Crippen molar-refractivity contribution >= 4 is 23.8 Å². The van der Waals surface area contributed by atoms with Crippen LogP contribution in [0, 0.1) is 24.0 Å². The number of carbonyl (C=O) groups is 2. The Morgan fingerprint density at radius 3 is 2.54 bits per heavy atom. The maximum atomic E-state index is 11.9. The van der Waals surface area contributed by atoms with Crippen molar-refractivity contribution in [2.24, 2.45) is 5.10 Å². The summed E-state index contributed by atoms with van der Waals surface area (Å²) in [6.07, 6.45) is 1.41. The molecule has 0 spiro atoms. The second kappa shape index (κ2) is 8.01. The topological polar surface area (TPSA) is 129 Å². The number of aryl methyl sites for hydroxylation is 1. The number of esters is 1. The van der Waals surface area contributed by atoms with Gasteiger partial charge in [0.25, 0.3) is 5.91 Å². The van der Waals surface area contributed by atoms with Crippen molar-refractivity contribution in [1.29, 1.82) is 0 Å². The number of nitrogens with one attached hydrogen (secondary N) is 1. The molecule has 2 aromatic rings. The van der Waals surface area contributed by atoms with E-state index in [-0.39, 0.29) is 17.9 Å². The highest BCUT2D eigenvalue weighted by atomic mass is 16.6. The van der Waals surface area contributed by atoms with Crippen molar-refractivity contribution in [2.45, 2.75) is 20.4 Å². The minimum Gasteiger partial charge on any atom is -0.465 e. The molecule has 10 heteroatoms. The largest absolute Gasteiger partial charge is 0.465 e. The number of hydrogen-bond donors (Lipinski definition) is 1. The molecule has 0 saturated heterocycles. The van der Waals surface area contributed by atoms with E-state index in [9.17, 15) is 19.7 Å².